The quantitative estimate of drug-likeness (QED) is 0.414. The molecule has 2 aliphatic heterocycles. The molecule has 3 heterocycles. The molecule has 0 aliphatic carbocycles. The standard InChI is InChI=1S/C31H40F3N5O4/c1-17(2)25-26(40)35-18(3)27(41)39-15-7-8-23(38-39)28(42)43-19(4)22-12-11-21-10-9-20(16-24(21)36-22)13-14-30(5,6)29(37-25)31(32,33)34/h9-14,16-19,23,25,29,37-38H,7-8,15H2,1-6H3,(H,35,40)/b14-13+/t18-,19?,23-,25-,29-/m0/s1. The summed E-state index contributed by atoms with van der Waals surface area (Å²) in [6.45, 7) is 9.64. The molecule has 2 aromatic rings. The second-order valence-corrected chi connectivity index (χ2v) is 12.3. The number of carbonyl (C=O) groups excluding carboxylic acids is 3. The number of fused-ring (bicyclic) bond motifs is 4. The van der Waals surface area contributed by atoms with Crippen LogP contribution >= 0.6 is 0 Å². The Bertz CT molecular complexity index is 1390. The third kappa shape index (κ3) is 7.53. The van der Waals surface area contributed by atoms with Crippen LogP contribution in [-0.2, 0) is 19.1 Å². The van der Waals surface area contributed by atoms with Gasteiger partial charge in [-0.3, -0.25) is 24.7 Å². The number of halogens is 3. The third-order valence-corrected chi connectivity index (χ3v) is 7.99. The van der Waals surface area contributed by atoms with Crippen molar-refractivity contribution in [3.8, 4) is 0 Å². The van der Waals surface area contributed by atoms with Crippen LogP contribution in [0.4, 0.5) is 13.2 Å². The predicted octanol–water partition coefficient (Wildman–Crippen LogP) is 4.44. The van der Waals surface area contributed by atoms with E-state index >= 15 is 0 Å². The molecule has 234 valence electrons. The van der Waals surface area contributed by atoms with Gasteiger partial charge in [0.25, 0.3) is 5.91 Å². The molecule has 0 spiro atoms. The number of amides is 2. The highest BCUT2D eigenvalue weighted by atomic mass is 19.4. The highest BCUT2D eigenvalue weighted by Gasteiger charge is 2.50. The normalized spacial score (nSPS) is 28.5. The second-order valence-electron chi connectivity index (χ2n) is 12.3. The number of hydrogen-bond donors (Lipinski definition) is 3. The van der Waals surface area contributed by atoms with Crippen molar-refractivity contribution >= 4 is 34.8 Å². The zero-order valence-electron chi connectivity index (χ0n) is 25.3. The van der Waals surface area contributed by atoms with Gasteiger partial charge in [-0.05, 0) is 50.3 Å². The van der Waals surface area contributed by atoms with Gasteiger partial charge in [-0.2, -0.15) is 13.2 Å². The van der Waals surface area contributed by atoms with Gasteiger partial charge in [0.05, 0.1) is 17.3 Å². The number of esters is 1. The van der Waals surface area contributed by atoms with E-state index in [4.69, 9.17) is 4.74 Å². The number of pyridine rings is 1. The lowest BCUT2D eigenvalue weighted by molar-refractivity contribution is -0.177. The number of hydrazine groups is 1. The summed E-state index contributed by atoms with van der Waals surface area (Å²) < 4.78 is 49.3. The zero-order valence-corrected chi connectivity index (χ0v) is 25.3. The van der Waals surface area contributed by atoms with Gasteiger partial charge in [0, 0.05) is 17.3 Å². The van der Waals surface area contributed by atoms with Crippen LogP contribution in [-0.4, -0.2) is 64.7 Å². The van der Waals surface area contributed by atoms with Crippen LogP contribution in [0.1, 0.15) is 71.7 Å². The number of benzene rings is 1. The van der Waals surface area contributed by atoms with E-state index in [-0.39, 0.29) is 6.54 Å². The Hall–Kier alpha value is -3.51. The monoisotopic (exact) mass is 603 g/mol. The topological polar surface area (TPSA) is 113 Å². The molecule has 3 N–H and O–H groups in total. The number of nitrogens with zero attached hydrogens (tertiary/aromatic N) is 2. The van der Waals surface area contributed by atoms with Crippen LogP contribution in [0, 0.1) is 11.3 Å². The molecule has 12 heteroatoms. The first-order valence-electron chi connectivity index (χ1n) is 14.6. The molecule has 1 aromatic carbocycles. The number of nitrogens with one attached hydrogen (secondary N) is 3. The summed E-state index contributed by atoms with van der Waals surface area (Å²) in [6, 6.07) is 3.79. The van der Waals surface area contributed by atoms with Gasteiger partial charge in [-0.15, -0.1) is 0 Å². The van der Waals surface area contributed by atoms with Gasteiger partial charge < -0.3 is 10.1 Å². The zero-order chi connectivity index (χ0) is 31.7. The molecule has 43 heavy (non-hydrogen) atoms. The molecule has 5 atom stereocenters. The molecule has 0 saturated carbocycles. The fourth-order valence-electron chi connectivity index (χ4n) is 5.40. The summed E-state index contributed by atoms with van der Waals surface area (Å²) in [4.78, 5) is 44.3. The second kappa shape index (κ2) is 12.6. The van der Waals surface area contributed by atoms with Gasteiger partial charge in [0.1, 0.15) is 24.2 Å². The molecule has 2 amide bonds. The fraction of sp³-hybridized carbons (Fsp3) is 0.548. The molecule has 1 fully saturated rings. The first-order valence-corrected chi connectivity index (χ1v) is 14.6. The Morgan fingerprint density at radius 2 is 1.79 bits per heavy atom. The number of cyclic esters (lactones) is 1. The van der Waals surface area contributed by atoms with E-state index < -0.39 is 65.6 Å². The number of carbonyl (C=O) groups is 3. The smallest absolute Gasteiger partial charge is 0.404 e. The molecule has 4 rings (SSSR count). The molecule has 2 aliphatic rings. The molecule has 5 bridgehead atoms. The van der Waals surface area contributed by atoms with Crippen molar-refractivity contribution in [1.82, 2.24) is 26.1 Å². The summed E-state index contributed by atoms with van der Waals surface area (Å²) in [5, 5.41) is 7.21. The maximum Gasteiger partial charge on any atom is 0.404 e. The number of aromatic nitrogens is 1. The summed E-state index contributed by atoms with van der Waals surface area (Å²) in [5.41, 5.74) is 3.17. The number of ether oxygens (including phenoxy) is 1. The Labute approximate surface area is 249 Å². The third-order valence-electron chi connectivity index (χ3n) is 7.99. The van der Waals surface area contributed by atoms with E-state index in [0.717, 1.165) is 5.39 Å². The van der Waals surface area contributed by atoms with Crippen LogP contribution in [0.2, 0.25) is 0 Å². The van der Waals surface area contributed by atoms with Crippen molar-refractivity contribution in [1.29, 1.82) is 0 Å². The first-order chi connectivity index (χ1) is 20.1. The number of alkyl halides is 3. The Balaban J connectivity index is 1.76. The molecule has 1 saturated heterocycles. The van der Waals surface area contributed by atoms with Crippen molar-refractivity contribution in [2.45, 2.75) is 90.8 Å². The summed E-state index contributed by atoms with van der Waals surface area (Å²) in [5.74, 6) is -2.32. The van der Waals surface area contributed by atoms with Crippen LogP contribution < -0.4 is 16.1 Å². The van der Waals surface area contributed by atoms with Gasteiger partial charge in [-0.1, -0.05) is 58.0 Å². The molecular formula is C31H40F3N5O4. The minimum Gasteiger partial charge on any atom is -0.455 e. The lowest BCUT2D eigenvalue weighted by Gasteiger charge is -2.38. The largest absolute Gasteiger partial charge is 0.455 e. The average molecular weight is 604 g/mol. The van der Waals surface area contributed by atoms with Gasteiger partial charge in [0.2, 0.25) is 5.91 Å². The fourth-order valence-corrected chi connectivity index (χ4v) is 5.40. The Morgan fingerprint density at radius 1 is 1.09 bits per heavy atom. The maximum absolute atomic E-state index is 14.5. The minimum atomic E-state index is -4.69. The van der Waals surface area contributed by atoms with Crippen molar-refractivity contribution in [2.24, 2.45) is 11.3 Å². The van der Waals surface area contributed by atoms with E-state index in [0.29, 0.717) is 29.6 Å². The molecule has 9 nitrogen and oxygen atoms in total. The SMILES string of the molecule is CC1OC(=O)[C@@H]2CCCN(N2)C(=O)[C@H](C)NC(=O)[C@H](C(C)C)N[C@H](C(F)(F)F)C(C)(C)/C=C/c2ccc3ccc1nc3c2. The van der Waals surface area contributed by atoms with E-state index in [1.165, 1.54) is 31.9 Å². The highest BCUT2D eigenvalue weighted by molar-refractivity contribution is 5.90. The Kier molecular flexibility index (Phi) is 9.51. The van der Waals surface area contributed by atoms with E-state index in [1.54, 1.807) is 45.0 Å². The summed E-state index contributed by atoms with van der Waals surface area (Å²) >= 11 is 0. The van der Waals surface area contributed by atoms with Crippen LogP contribution in [0.5, 0.6) is 0 Å². The number of hydrogen-bond acceptors (Lipinski definition) is 7. The molecular weight excluding hydrogens is 563 g/mol. The van der Waals surface area contributed by atoms with Gasteiger partial charge in [0.15, 0.2) is 0 Å². The lowest BCUT2D eigenvalue weighted by Crippen LogP contribution is -2.63. The van der Waals surface area contributed by atoms with Crippen LogP contribution in [0.25, 0.3) is 17.0 Å². The van der Waals surface area contributed by atoms with Crippen molar-refractivity contribution < 1.29 is 32.3 Å². The highest BCUT2D eigenvalue weighted by Crippen LogP contribution is 2.36. The van der Waals surface area contributed by atoms with Crippen LogP contribution in [0.15, 0.2) is 36.4 Å². The van der Waals surface area contributed by atoms with E-state index in [2.05, 4.69) is 21.0 Å². The van der Waals surface area contributed by atoms with Crippen molar-refractivity contribution in [2.75, 3.05) is 6.54 Å². The molecule has 0 radical (unpaired) electrons. The minimum absolute atomic E-state index is 0.287. The Morgan fingerprint density at radius 3 is 2.47 bits per heavy atom. The van der Waals surface area contributed by atoms with Gasteiger partial charge in [-0.25, -0.2) is 10.4 Å². The van der Waals surface area contributed by atoms with Crippen LogP contribution in [0.3, 0.4) is 0 Å². The molecule has 1 aromatic heterocycles. The summed E-state index contributed by atoms with van der Waals surface area (Å²) in [7, 11) is 0. The first kappa shape index (κ1) is 32.4. The maximum atomic E-state index is 14.5. The van der Waals surface area contributed by atoms with E-state index in [1.807, 2.05) is 12.1 Å². The molecule has 1 unspecified atom stereocenters. The van der Waals surface area contributed by atoms with Crippen molar-refractivity contribution in [3.63, 3.8) is 0 Å². The average Bonchev–Trinajstić information content (AvgIpc) is 2.93. The van der Waals surface area contributed by atoms with Gasteiger partial charge >= 0.3 is 12.1 Å². The van der Waals surface area contributed by atoms with E-state index in [9.17, 15) is 27.6 Å². The lowest BCUT2D eigenvalue weighted by atomic mass is 9.82. The predicted molar refractivity (Wildman–Crippen MR) is 156 cm³/mol. The van der Waals surface area contributed by atoms with Crippen molar-refractivity contribution in [3.05, 3.63) is 47.7 Å². The number of rotatable bonds is 1. The summed E-state index contributed by atoms with van der Waals surface area (Å²) in [6.07, 6.45) is -1.36.